The lowest BCUT2D eigenvalue weighted by Gasteiger charge is -2.18. The van der Waals surface area contributed by atoms with Gasteiger partial charge in [0.1, 0.15) is 23.4 Å². The van der Waals surface area contributed by atoms with Gasteiger partial charge in [-0.3, -0.25) is 0 Å². The molecule has 8 heteroatoms. The number of ether oxygens (including phenoxy) is 2. The van der Waals surface area contributed by atoms with Crippen molar-refractivity contribution in [3.63, 3.8) is 0 Å². The Bertz CT molecular complexity index is 743. The van der Waals surface area contributed by atoms with Gasteiger partial charge in [-0.1, -0.05) is 25.1 Å². The largest absolute Gasteiger partial charge is 0.497 e. The molecule has 0 saturated heterocycles. The van der Waals surface area contributed by atoms with Crippen LogP contribution in [0.15, 0.2) is 33.8 Å². The summed E-state index contributed by atoms with van der Waals surface area (Å²) < 4.78 is 16.6. The van der Waals surface area contributed by atoms with E-state index in [4.69, 9.17) is 19.0 Å². The molecule has 0 amide bonds. The Morgan fingerprint density at radius 1 is 1.17 bits per heavy atom. The Balaban J connectivity index is 0.00000420. The molecule has 0 bridgehead atoms. The van der Waals surface area contributed by atoms with Gasteiger partial charge in [0, 0.05) is 24.6 Å². The minimum atomic E-state index is -0.0380. The maximum absolute atomic E-state index is 5.96. The van der Waals surface area contributed by atoms with E-state index in [2.05, 4.69) is 29.6 Å². The summed E-state index contributed by atoms with van der Waals surface area (Å²) in [5.41, 5.74) is 2.06. The lowest BCUT2D eigenvalue weighted by molar-refractivity contribution is 0.223. The zero-order chi connectivity index (χ0) is 20.4. The highest BCUT2D eigenvalue weighted by molar-refractivity contribution is 14.0. The van der Waals surface area contributed by atoms with Crippen molar-refractivity contribution in [1.82, 2.24) is 15.8 Å². The Morgan fingerprint density at radius 2 is 1.93 bits per heavy atom. The molecule has 1 heterocycles. The van der Waals surface area contributed by atoms with Gasteiger partial charge in [0.05, 0.1) is 25.9 Å². The zero-order valence-corrected chi connectivity index (χ0v) is 20.3. The molecule has 0 spiro atoms. The predicted molar refractivity (Wildman–Crippen MR) is 127 cm³/mol. The number of methoxy groups -OCH3 is 1. The van der Waals surface area contributed by atoms with Crippen molar-refractivity contribution in [3.8, 4) is 11.5 Å². The minimum Gasteiger partial charge on any atom is -0.497 e. The first-order valence-electron chi connectivity index (χ1n) is 9.90. The fourth-order valence-corrected chi connectivity index (χ4v) is 2.81. The zero-order valence-electron chi connectivity index (χ0n) is 17.9. The number of hydrogen-bond donors (Lipinski definition) is 2. The average Bonchev–Trinajstić information content (AvgIpc) is 3.12. The Kier molecular flexibility index (Phi) is 11.5. The van der Waals surface area contributed by atoms with E-state index in [9.17, 15) is 0 Å². The molecule has 162 valence electrons. The molecule has 2 rings (SSSR count). The minimum absolute atomic E-state index is 0. The van der Waals surface area contributed by atoms with Crippen molar-refractivity contribution >= 4 is 29.9 Å². The molecular formula is C21H33IN4O3. The highest BCUT2D eigenvalue weighted by Crippen LogP contribution is 2.20. The normalized spacial score (nSPS) is 12.1. The maximum Gasteiger partial charge on any atom is 0.191 e. The van der Waals surface area contributed by atoms with Gasteiger partial charge in [0.2, 0.25) is 0 Å². The maximum atomic E-state index is 5.96. The molecule has 2 N–H and O–H groups in total. The first kappa shape index (κ1) is 25.1. The van der Waals surface area contributed by atoms with Crippen LogP contribution in [0.1, 0.15) is 44.7 Å². The summed E-state index contributed by atoms with van der Waals surface area (Å²) in [4.78, 5) is 4.70. The number of hydrogen-bond acceptors (Lipinski definition) is 5. The van der Waals surface area contributed by atoms with Crippen molar-refractivity contribution in [2.45, 2.75) is 53.2 Å². The van der Waals surface area contributed by atoms with Gasteiger partial charge < -0.3 is 24.6 Å². The number of benzene rings is 1. The Morgan fingerprint density at radius 3 is 2.59 bits per heavy atom. The quantitative estimate of drug-likeness (QED) is 0.283. The van der Waals surface area contributed by atoms with Gasteiger partial charge in [-0.15, -0.1) is 24.0 Å². The van der Waals surface area contributed by atoms with Crippen LogP contribution >= 0.6 is 24.0 Å². The van der Waals surface area contributed by atoms with E-state index >= 15 is 0 Å². The van der Waals surface area contributed by atoms with E-state index in [1.54, 1.807) is 7.11 Å². The fraction of sp³-hybridized carbons (Fsp3) is 0.524. The molecule has 2 aromatic rings. The van der Waals surface area contributed by atoms with E-state index < -0.39 is 0 Å². The van der Waals surface area contributed by atoms with Crippen LogP contribution in [0.4, 0.5) is 0 Å². The summed E-state index contributed by atoms with van der Waals surface area (Å²) in [7, 11) is 1.65. The molecule has 29 heavy (non-hydrogen) atoms. The monoisotopic (exact) mass is 516 g/mol. The predicted octanol–water partition coefficient (Wildman–Crippen LogP) is 3.95. The second-order valence-electron chi connectivity index (χ2n) is 6.42. The van der Waals surface area contributed by atoms with Crippen LogP contribution in [0.2, 0.25) is 0 Å². The number of aromatic nitrogens is 1. The molecule has 1 aromatic carbocycles. The summed E-state index contributed by atoms with van der Waals surface area (Å²) in [6.45, 7) is 10.1. The van der Waals surface area contributed by atoms with Crippen LogP contribution in [0.3, 0.4) is 0 Å². The van der Waals surface area contributed by atoms with E-state index in [1.165, 1.54) is 0 Å². The molecule has 0 fully saturated rings. The SMILES string of the molecule is CCNC(=NCc1c(CC)noc1CC)NCC(C)Oc1cccc(OC)c1.I. The smallest absolute Gasteiger partial charge is 0.191 e. The first-order valence-corrected chi connectivity index (χ1v) is 9.90. The fourth-order valence-electron chi connectivity index (χ4n) is 2.81. The summed E-state index contributed by atoms with van der Waals surface area (Å²) in [6.07, 6.45) is 1.61. The number of nitrogens with zero attached hydrogens (tertiary/aromatic N) is 2. The van der Waals surface area contributed by atoms with E-state index in [0.717, 1.165) is 53.9 Å². The number of rotatable bonds is 10. The third kappa shape index (κ3) is 7.75. The van der Waals surface area contributed by atoms with Crippen molar-refractivity contribution in [3.05, 3.63) is 41.3 Å². The van der Waals surface area contributed by atoms with Crippen molar-refractivity contribution in [2.75, 3.05) is 20.2 Å². The van der Waals surface area contributed by atoms with Gasteiger partial charge in [0.25, 0.3) is 0 Å². The Hall–Kier alpha value is -1.97. The van der Waals surface area contributed by atoms with Crippen LogP contribution in [-0.4, -0.2) is 37.4 Å². The standard InChI is InChI=1S/C21H32N4O3.HI/c1-6-19-18(20(7-2)28-25-19)14-24-21(22-8-3)23-13-15(4)27-17-11-9-10-16(12-17)26-5;/h9-12,15H,6-8,13-14H2,1-5H3,(H2,22,23,24);1H. The van der Waals surface area contributed by atoms with Gasteiger partial charge in [-0.25, -0.2) is 4.99 Å². The van der Waals surface area contributed by atoms with Crippen LogP contribution < -0.4 is 20.1 Å². The van der Waals surface area contributed by atoms with Crippen LogP contribution in [0.5, 0.6) is 11.5 Å². The second-order valence-corrected chi connectivity index (χ2v) is 6.42. The van der Waals surface area contributed by atoms with Crippen molar-refractivity contribution < 1.29 is 14.0 Å². The number of aliphatic imine (C=N–C) groups is 1. The van der Waals surface area contributed by atoms with Crippen LogP contribution in [0.25, 0.3) is 0 Å². The van der Waals surface area contributed by atoms with Crippen molar-refractivity contribution in [1.29, 1.82) is 0 Å². The molecule has 0 radical (unpaired) electrons. The number of aryl methyl sites for hydroxylation is 2. The summed E-state index contributed by atoms with van der Waals surface area (Å²) >= 11 is 0. The highest BCUT2D eigenvalue weighted by atomic mass is 127. The molecule has 0 aliphatic carbocycles. The molecule has 0 aliphatic heterocycles. The molecular weight excluding hydrogens is 483 g/mol. The topological polar surface area (TPSA) is 80.9 Å². The highest BCUT2D eigenvalue weighted by Gasteiger charge is 2.13. The number of halogens is 1. The van der Waals surface area contributed by atoms with Gasteiger partial charge >= 0.3 is 0 Å². The van der Waals surface area contributed by atoms with Gasteiger partial charge in [-0.05, 0) is 32.4 Å². The summed E-state index contributed by atoms with van der Waals surface area (Å²) in [6, 6.07) is 7.60. The molecule has 0 aliphatic rings. The van der Waals surface area contributed by atoms with E-state index in [1.807, 2.05) is 38.1 Å². The molecule has 0 saturated carbocycles. The van der Waals surface area contributed by atoms with E-state index in [-0.39, 0.29) is 30.1 Å². The van der Waals surface area contributed by atoms with E-state index in [0.29, 0.717) is 13.1 Å². The lowest BCUT2D eigenvalue weighted by Crippen LogP contribution is -2.41. The van der Waals surface area contributed by atoms with Crippen molar-refractivity contribution in [2.24, 2.45) is 4.99 Å². The van der Waals surface area contributed by atoms with Gasteiger partial charge in [-0.2, -0.15) is 0 Å². The Labute approximate surface area is 190 Å². The molecule has 1 atom stereocenters. The van der Waals surface area contributed by atoms with Crippen LogP contribution in [-0.2, 0) is 19.4 Å². The first-order chi connectivity index (χ1) is 13.6. The third-order valence-electron chi connectivity index (χ3n) is 4.28. The second kappa shape index (κ2) is 13.3. The number of nitrogens with one attached hydrogen (secondary N) is 2. The number of guanidine groups is 1. The molecule has 1 aromatic heterocycles. The summed E-state index contributed by atoms with van der Waals surface area (Å²) in [5.74, 6) is 3.21. The lowest BCUT2D eigenvalue weighted by atomic mass is 10.1. The molecule has 7 nitrogen and oxygen atoms in total. The average molecular weight is 516 g/mol. The summed E-state index contributed by atoms with van der Waals surface area (Å²) in [5, 5.41) is 10.8. The molecule has 1 unspecified atom stereocenters. The third-order valence-corrected chi connectivity index (χ3v) is 4.28. The van der Waals surface area contributed by atoms with Crippen LogP contribution in [0, 0.1) is 0 Å². The van der Waals surface area contributed by atoms with Gasteiger partial charge in [0.15, 0.2) is 5.96 Å².